The third kappa shape index (κ3) is 4.02. The zero-order valence-corrected chi connectivity index (χ0v) is 16.1. The Hall–Kier alpha value is -2.86. The Morgan fingerprint density at radius 3 is 2.82 bits per heavy atom. The molecule has 0 saturated carbocycles. The molecule has 146 valence electrons. The first-order valence-corrected chi connectivity index (χ1v) is 9.85. The van der Waals surface area contributed by atoms with E-state index in [-0.39, 0.29) is 12.0 Å². The van der Waals surface area contributed by atoms with Gasteiger partial charge in [0.15, 0.2) is 0 Å². The number of nitrogens with one attached hydrogen (secondary N) is 1. The molecule has 1 fully saturated rings. The Bertz CT molecular complexity index is 943. The fourth-order valence-corrected chi connectivity index (χ4v) is 3.46. The van der Waals surface area contributed by atoms with Crippen LogP contribution in [0.3, 0.4) is 0 Å². The average Bonchev–Trinajstić information content (AvgIpc) is 3.36. The number of hydrogen-bond acceptors (Lipinski definition) is 4. The van der Waals surface area contributed by atoms with E-state index in [0.29, 0.717) is 18.1 Å². The number of para-hydroxylation sites is 2. The summed E-state index contributed by atoms with van der Waals surface area (Å²) < 4.78 is 13.4. The number of rotatable bonds is 7. The van der Waals surface area contributed by atoms with E-state index >= 15 is 0 Å². The van der Waals surface area contributed by atoms with Crippen LogP contribution in [0.5, 0.6) is 5.75 Å². The lowest BCUT2D eigenvalue weighted by molar-refractivity contribution is 0.0679. The number of aromatic nitrogens is 2. The van der Waals surface area contributed by atoms with Crippen LogP contribution in [0.25, 0.3) is 11.0 Å². The molecule has 4 rings (SSSR count). The monoisotopic (exact) mass is 379 g/mol. The Morgan fingerprint density at radius 1 is 1.25 bits per heavy atom. The largest absolute Gasteiger partial charge is 0.491 e. The predicted octanol–water partition coefficient (Wildman–Crippen LogP) is 4.26. The molecule has 2 heterocycles. The van der Waals surface area contributed by atoms with Gasteiger partial charge < -0.3 is 14.0 Å². The number of aryl methyl sites for hydroxylation is 1. The molecular formula is C22H25N3O3. The number of amides is 1. The molecule has 3 aromatic rings. The summed E-state index contributed by atoms with van der Waals surface area (Å²) in [7, 11) is 0. The van der Waals surface area contributed by atoms with Gasteiger partial charge in [0.25, 0.3) is 5.91 Å². The second kappa shape index (κ2) is 8.44. The maximum atomic E-state index is 12.7. The van der Waals surface area contributed by atoms with Crippen molar-refractivity contribution >= 4 is 22.9 Å². The molecule has 2 aromatic carbocycles. The fourth-order valence-electron chi connectivity index (χ4n) is 3.46. The Balaban J connectivity index is 1.44. The molecule has 0 bridgehead atoms. The first kappa shape index (κ1) is 18.5. The van der Waals surface area contributed by atoms with E-state index < -0.39 is 0 Å². The number of imidazole rings is 1. The van der Waals surface area contributed by atoms with E-state index in [1.54, 1.807) is 12.1 Å². The Morgan fingerprint density at radius 2 is 2.07 bits per heavy atom. The minimum atomic E-state index is -0.182. The second-order valence-electron chi connectivity index (χ2n) is 7.00. The zero-order chi connectivity index (χ0) is 19.3. The first-order chi connectivity index (χ1) is 13.7. The number of fused-ring (bicyclic) bond motifs is 1. The number of carbonyl (C=O) groups excluding carboxylic acids is 1. The first-order valence-electron chi connectivity index (χ1n) is 9.85. The Labute approximate surface area is 164 Å². The number of nitrogens with zero attached hydrogens (tertiary/aromatic N) is 2. The molecule has 1 saturated heterocycles. The van der Waals surface area contributed by atoms with Crippen molar-refractivity contribution in [1.82, 2.24) is 9.55 Å². The SMILES string of the molecule is CCCn1c(NC(=O)c2ccc(OC[C@H]3CCCO3)cc2)nc2ccccc21. The molecule has 6 nitrogen and oxygen atoms in total. The maximum absolute atomic E-state index is 12.7. The molecule has 1 N–H and O–H groups in total. The number of carbonyl (C=O) groups is 1. The minimum absolute atomic E-state index is 0.175. The summed E-state index contributed by atoms with van der Waals surface area (Å²) in [5, 5.41) is 2.95. The van der Waals surface area contributed by atoms with E-state index in [0.717, 1.165) is 49.2 Å². The molecule has 6 heteroatoms. The molecule has 1 atom stereocenters. The summed E-state index contributed by atoms with van der Waals surface area (Å²) >= 11 is 0. The van der Waals surface area contributed by atoms with Gasteiger partial charge in [-0.15, -0.1) is 0 Å². The van der Waals surface area contributed by atoms with Crippen LogP contribution in [-0.2, 0) is 11.3 Å². The lowest BCUT2D eigenvalue weighted by atomic mass is 10.2. The van der Waals surface area contributed by atoms with Gasteiger partial charge in [-0.2, -0.15) is 0 Å². The lowest BCUT2D eigenvalue weighted by Gasteiger charge is -2.12. The number of benzene rings is 2. The molecule has 1 aliphatic rings. The molecular weight excluding hydrogens is 354 g/mol. The zero-order valence-electron chi connectivity index (χ0n) is 16.1. The average molecular weight is 379 g/mol. The molecule has 1 amide bonds. The standard InChI is InChI=1S/C22H25N3O3/c1-2-13-25-20-8-4-3-7-19(20)23-22(25)24-21(26)16-9-11-17(12-10-16)28-15-18-6-5-14-27-18/h3-4,7-12,18H,2,5-6,13-15H2,1H3,(H,23,24,26)/t18-/m1/s1. The van der Waals surface area contributed by atoms with E-state index in [1.807, 2.05) is 41.0 Å². The summed E-state index contributed by atoms with van der Waals surface area (Å²) in [6.07, 6.45) is 3.27. The molecule has 0 radical (unpaired) electrons. The van der Waals surface area contributed by atoms with Gasteiger partial charge >= 0.3 is 0 Å². The summed E-state index contributed by atoms with van der Waals surface area (Å²) in [6.45, 7) is 4.27. The van der Waals surface area contributed by atoms with Crippen LogP contribution >= 0.6 is 0 Å². The minimum Gasteiger partial charge on any atom is -0.491 e. The van der Waals surface area contributed by atoms with Crippen LogP contribution in [0.1, 0.15) is 36.5 Å². The summed E-state index contributed by atoms with van der Waals surface area (Å²) in [6, 6.07) is 15.1. The molecule has 0 unspecified atom stereocenters. The van der Waals surface area contributed by atoms with Crippen molar-refractivity contribution in [3.63, 3.8) is 0 Å². The van der Waals surface area contributed by atoms with Crippen LogP contribution in [0.2, 0.25) is 0 Å². The van der Waals surface area contributed by atoms with Gasteiger partial charge in [0.1, 0.15) is 12.4 Å². The Kier molecular flexibility index (Phi) is 5.58. The highest BCUT2D eigenvalue weighted by Gasteiger charge is 2.17. The summed E-state index contributed by atoms with van der Waals surface area (Å²) in [4.78, 5) is 17.3. The number of anilines is 1. The van der Waals surface area contributed by atoms with Crippen molar-refractivity contribution in [2.75, 3.05) is 18.5 Å². The summed E-state index contributed by atoms with van der Waals surface area (Å²) in [5.41, 5.74) is 2.47. The molecule has 28 heavy (non-hydrogen) atoms. The van der Waals surface area contributed by atoms with Gasteiger partial charge in [-0.25, -0.2) is 4.98 Å². The predicted molar refractivity (Wildman–Crippen MR) is 109 cm³/mol. The van der Waals surface area contributed by atoms with Crippen molar-refractivity contribution in [3.05, 3.63) is 54.1 Å². The van der Waals surface area contributed by atoms with Crippen molar-refractivity contribution in [2.45, 2.75) is 38.8 Å². The van der Waals surface area contributed by atoms with E-state index in [1.165, 1.54) is 0 Å². The molecule has 1 aromatic heterocycles. The van der Waals surface area contributed by atoms with Crippen LogP contribution in [-0.4, -0.2) is 34.8 Å². The van der Waals surface area contributed by atoms with Gasteiger partial charge in [0, 0.05) is 18.7 Å². The smallest absolute Gasteiger partial charge is 0.257 e. The fraction of sp³-hybridized carbons (Fsp3) is 0.364. The van der Waals surface area contributed by atoms with E-state index in [4.69, 9.17) is 9.47 Å². The second-order valence-corrected chi connectivity index (χ2v) is 7.00. The topological polar surface area (TPSA) is 65.4 Å². The molecule has 1 aliphatic heterocycles. The highest BCUT2D eigenvalue weighted by molar-refractivity contribution is 6.04. The van der Waals surface area contributed by atoms with Crippen LogP contribution in [0, 0.1) is 0 Å². The van der Waals surface area contributed by atoms with Crippen LogP contribution < -0.4 is 10.1 Å². The van der Waals surface area contributed by atoms with Crippen molar-refractivity contribution < 1.29 is 14.3 Å². The molecule has 0 spiro atoms. The quantitative estimate of drug-likeness (QED) is 0.666. The van der Waals surface area contributed by atoms with Crippen LogP contribution in [0.4, 0.5) is 5.95 Å². The summed E-state index contributed by atoms with van der Waals surface area (Å²) in [5.74, 6) is 1.13. The van der Waals surface area contributed by atoms with E-state index in [9.17, 15) is 4.79 Å². The van der Waals surface area contributed by atoms with Gasteiger partial charge in [0.2, 0.25) is 5.95 Å². The van der Waals surface area contributed by atoms with Gasteiger partial charge in [-0.3, -0.25) is 10.1 Å². The third-order valence-electron chi connectivity index (χ3n) is 4.90. The van der Waals surface area contributed by atoms with Gasteiger partial charge in [-0.05, 0) is 55.7 Å². The van der Waals surface area contributed by atoms with Gasteiger partial charge in [0.05, 0.1) is 17.1 Å². The normalized spacial score (nSPS) is 16.4. The van der Waals surface area contributed by atoms with Crippen molar-refractivity contribution in [3.8, 4) is 5.75 Å². The van der Waals surface area contributed by atoms with Crippen molar-refractivity contribution in [2.24, 2.45) is 0 Å². The van der Waals surface area contributed by atoms with Gasteiger partial charge in [-0.1, -0.05) is 19.1 Å². The van der Waals surface area contributed by atoms with E-state index in [2.05, 4.69) is 17.2 Å². The maximum Gasteiger partial charge on any atom is 0.257 e. The highest BCUT2D eigenvalue weighted by Crippen LogP contribution is 2.21. The third-order valence-corrected chi connectivity index (χ3v) is 4.90. The highest BCUT2D eigenvalue weighted by atomic mass is 16.5. The lowest BCUT2D eigenvalue weighted by Crippen LogP contribution is -2.17. The van der Waals surface area contributed by atoms with Crippen LogP contribution in [0.15, 0.2) is 48.5 Å². The van der Waals surface area contributed by atoms with Crippen molar-refractivity contribution in [1.29, 1.82) is 0 Å². The number of hydrogen-bond donors (Lipinski definition) is 1. The molecule has 0 aliphatic carbocycles. The number of ether oxygens (including phenoxy) is 2.